The van der Waals surface area contributed by atoms with Crippen molar-refractivity contribution in [3.05, 3.63) is 53.6 Å². The number of hydrogen-bond donors (Lipinski definition) is 1. The van der Waals surface area contributed by atoms with Crippen LogP contribution in [0.3, 0.4) is 0 Å². The van der Waals surface area contributed by atoms with Crippen molar-refractivity contribution in [2.45, 2.75) is 51.1 Å². The highest BCUT2D eigenvalue weighted by molar-refractivity contribution is 5.97. The van der Waals surface area contributed by atoms with Gasteiger partial charge in [-0.2, -0.15) is 0 Å². The van der Waals surface area contributed by atoms with Gasteiger partial charge in [0, 0.05) is 30.1 Å². The average Bonchev–Trinajstić information content (AvgIpc) is 3.51. The van der Waals surface area contributed by atoms with Crippen LogP contribution in [0.1, 0.15) is 55.8 Å². The van der Waals surface area contributed by atoms with Crippen LogP contribution in [0.5, 0.6) is 5.75 Å². The first-order chi connectivity index (χ1) is 15.5. The first-order valence-corrected chi connectivity index (χ1v) is 10.5. The number of benzene rings is 2. The molecule has 1 fully saturated rings. The second-order valence-corrected chi connectivity index (χ2v) is 7.63. The lowest BCUT2D eigenvalue weighted by atomic mass is 10.1. The number of hydrogen-bond acceptors (Lipinski definition) is 6. The van der Waals surface area contributed by atoms with E-state index in [1.54, 1.807) is 29.2 Å². The summed E-state index contributed by atoms with van der Waals surface area (Å²) in [6.45, 7) is -0.486. The predicted molar refractivity (Wildman–Crippen MR) is 113 cm³/mol. The van der Waals surface area contributed by atoms with Crippen LogP contribution < -0.4 is 4.74 Å². The number of rotatable bonds is 11. The number of aromatic nitrogens is 2. The highest BCUT2D eigenvalue weighted by Gasteiger charge is 2.33. The van der Waals surface area contributed by atoms with Gasteiger partial charge in [0.05, 0.1) is 7.98 Å². The number of amides is 1. The van der Waals surface area contributed by atoms with Crippen molar-refractivity contribution in [3.63, 3.8) is 0 Å². The number of fused-ring (bicyclic) bond motifs is 1. The quantitative estimate of drug-likeness (QED) is 0.463. The van der Waals surface area contributed by atoms with Crippen LogP contribution in [-0.4, -0.2) is 44.8 Å². The van der Waals surface area contributed by atoms with Gasteiger partial charge < -0.3 is 14.7 Å². The van der Waals surface area contributed by atoms with Gasteiger partial charge in [-0.15, -0.1) is 0 Å². The Morgan fingerprint density at radius 1 is 1.13 bits per heavy atom. The minimum Gasteiger partial charge on any atom is -0.493 e. The summed E-state index contributed by atoms with van der Waals surface area (Å²) in [7, 11) is 0. The van der Waals surface area contributed by atoms with Gasteiger partial charge in [0.15, 0.2) is 0 Å². The Labute approximate surface area is 181 Å². The van der Waals surface area contributed by atoms with Crippen LogP contribution in [0.4, 0.5) is 0 Å². The van der Waals surface area contributed by atoms with Gasteiger partial charge in [-0.25, -0.2) is 4.63 Å². The van der Waals surface area contributed by atoms with Gasteiger partial charge in [-0.3, -0.25) is 9.59 Å². The Morgan fingerprint density at radius 3 is 2.74 bits per heavy atom. The van der Waals surface area contributed by atoms with Crippen molar-refractivity contribution in [2.75, 3.05) is 6.61 Å². The SMILES string of the molecule is [2H]C(c1ccccc1OCCCCCC(=O)O)N(C(=O)c1ccc2nonc2c1)C1CC1. The Kier molecular flexibility index (Phi) is 6.05. The molecule has 1 heterocycles. The highest BCUT2D eigenvalue weighted by Crippen LogP contribution is 2.32. The normalized spacial score (nSPS) is 14.8. The third kappa shape index (κ3) is 5.39. The molecule has 1 aliphatic carbocycles. The standard InChI is InChI=1S/C23H25N3O5/c27-22(28)8-2-1-5-13-30-21-7-4-3-6-17(21)15-26(18-10-11-18)23(29)16-9-12-19-20(14-16)25-31-24-19/h3-4,6-7,9,12,14,18H,1-2,5,8,10-11,13,15H2,(H,27,28)/i15D. The molecule has 1 amide bonds. The maximum absolute atomic E-state index is 13.3. The molecule has 1 aromatic heterocycles. The average molecular weight is 424 g/mol. The zero-order valence-corrected chi connectivity index (χ0v) is 17.1. The summed E-state index contributed by atoms with van der Waals surface area (Å²) >= 11 is 0. The Bertz CT molecular complexity index is 1100. The maximum Gasteiger partial charge on any atom is 0.303 e. The molecule has 8 nitrogen and oxygen atoms in total. The summed E-state index contributed by atoms with van der Waals surface area (Å²) in [5.41, 5.74) is 2.14. The first-order valence-electron chi connectivity index (χ1n) is 11.0. The lowest BCUT2D eigenvalue weighted by Crippen LogP contribution is -2.32. The van der Waals surface area contributed by atoms with Crippen molar-refractivity contribution in [1.82, 2.24) is 15.2 Å². The summed E-state index contributed by atoms with van der Waals surface area (Å²) in [5.74, 6) is -0.460. The molecule has 0 spiro atoms. The minimum atomic E-state index is -0.913. The predicted octanol–water partition coefficient (Wildman–Crippen LogP) is 4.05. The summed E-state index contributed by atoms with van der Waals surface area (Å²) in [6, 6.07) is 12.3. The topological polar surface area (TPSA) is 106 Å². The fraction of sp³-hybridized carbons (Fsp3) is 0.391. The number of aliphatic carboxylic acids is 1. The van der Waals surface area contributed by atoms with Crippen molar-refractivity contribution >= 4 is 22.9 Å². The third-order valence-corrected chi connectivity index (χ3v) is 5.17. The highest BCUT2D eigenvalue weighted by atomic mass is 16.6. The fourth-order valence-corrected chi connectivity index (χ4v) is 3.35. The molecule has 0 radical (unpaired) electrons. The molecule has 1 N–H and O–H groups in total. The minimum absolute atomic E-state index is 0.0141. The number of carboxylic acids is 1. The molecule has 162 valence electrons. The summed E-state index contributed by atoms with van der Waals surface area (Å²) < 4.78 is 19.5. The monoisotopic (exact) mass is 424 g/mol. The van der Waals surface area contributed by atoms with Crippen LogP contribution >= 0.6 is 0 Å². The summed E-state index contributed by atoms with van der Waals surface area (Å²) in [5, 5.41) is 16.3. The molecule has 0 saturated heterocycles. The molecule has 1 atom stereocenters. The number of carbonyl (C=O) groups excluding carboxylic acids is 1. The maximum atomic E-state index is 13.3. The van der Waals surface area contributed by atoms with Crippen LogP contribution in [-0.2, 0) is 11.3 Å². The summed E-state index contributed by atoms with van der Waals surface area (Å²) in [6.07, 6.45) is 3.96. The van der Waals surface area contributed by atoms with Gasteiger partial charge in [-0.1, -0.05) is 18.2 Å². The van der Waals surface area contributed by atoms with E-state index in [0.717, 1.165) is 25.7 Å². The van der Waals surface area contributed by atoms with E-state index < -0.39 is 12.5 Å². The lowest BCUT2D eigenvalue weighted by Gasteiger charge is -2.24. The van der Waals surface area contributed by atoms with Crippen molar-refractivity contribution in [3.8, 4) is 5.75 Å². The van der Waals surface area contributed by atoms with Gasteiger partial charge in [0.1, 0.15) is 16.8 Å². The number of carbonyl (C=O) groups is 2. The van der Waals surface area contributed by atoms with Crippen LogP contribution in [0, 0.1) is 0 Å². The molecule has 8 heteroatoms. The van der Waals surface area contributed by atoms with Gasteiger partial charge in [-0.05, 0) is 66.7 Å². The lowest BCUT2D eigenvalue weighted by molar-refractivity contribution is -0.137. The second kappa shape index (κ2) is 9.59. The molecule has 0 aliphatic heterocycles. The van der Waals surface area contributed by atoms with Crippen LogP contribution in [0.25, 0.3) is 11.0 Å². The van der Waals surface area contributed by atoms with E-state index in [2.05, 4.69) is 10.3 Å². The second-order valence-electron chi connectivity index (χ2n) is 7.63. The van der Waals surface area contributed by atoms with E-state index in [1.165, 1.54) is 0 Å². The molecule has 4 rings (SSSR count). The van der Waals surface area contributed by atoms with Crippen molar-refractivity contribution in [2.24, 2.45) is 0 Å². The van der Waals surface area contributed by atoms with E-state index in [9.17, 15) is 9.59 Å². The third-order valence-electron chi connectivity index (χ3n) is 5.17. The molecule has 1 aliphatic rings. The Morgan fingerprint density at radius 2 is 1.94 bits per heavy atom. The molecular weight excluding hydrogens is 398 g/mol. The molecule has 3 aromatic rings. The number of ether oxygens (including phenoxy) is 1. The van der Waals surface area contributed by atoms with E-state index in [-0.39, 0.29) is 18.4 Å². The van der Waals surface area contributed by atoms with E-state index in [1.807, 2.05) is 18.2 Å². The zero-order valence-electron chi connectivity index (χ0n) is 18.1. The largest absolute Gasteiger partial charge is 0.493 e. The van der Waals surface area contributed by atoms with E-state index in [0.29, 0.717) is 40.9 Å². The van der Waals surface area contributed by atoms with Crippen molar-refractivity contribution < 1.29 is 25.4 Å². The molecule has 2 aromatic carbocycles. The van der Waals surface area contributed by atoms with Crippen LogP contribution in [0.2, 0.25) is 0 Å². The van der Waals surface area contributed by atoms with Crippen LogP contribution in [0.15, 0.2) is 47.1 Å². The number of para-hydroxylation sites is 1. The molecular formula is C23H25N3O5. The fourth-order valence-electron chi connectivity index (χ4n) is 3.35. The number of carboxylic acid groups (broad SMARTS) is 1. The molecule has 31 heavy (non-hydrogen) atoms. The van der Waals surface area contributed by atoms with E-state index >= 15 is 0 Å². The Hall–Kier alpha value is -3.42. The van der Waals surface area contributed by atoms with Gasteiger partial charge in [0.25, 0.3) is 5.91 Å². The molecule has 1 saturated carbocycles. The Balaban J connectivity index is 1.47. The number of nitrogens with zero attached hydrogens (tertiary/aromatic N) is 3. The van der Waals surface area contributed by atoms with Crippen molar-refractivity contribution in [1.29, 1.82) is 0 Å². The van der Waals surface area contributed by atoms with Gasteiger partial charge in [0.2, 0.25) is 0 Å². The first kappa shape index (κ1) is 19.5. The smallest absolute Gasteiger partial charge is 0.303 e. The molecule has 1 unspecified atom stereocenters. The zero-order chi connectivity index (χ0) is 22.5. The number of unbranched alkanes of at least 4 members (excludes halogenated alkanes) is 2. The van der Waals surface area contributed by atoms with Gasteiger partial charge >= 0.3 is 5.97 Å². The molecule has 0 bridgehead atoms. The summed E-state index contributed by atoms with van der Waals surface area (Å²) in [4.78, 5) is 25.6. The van der Waals surface area contributed by atoms with E-state index in [4.69, 9.17) is 15.8 Å².